The molecule has 1 N–H and O–H groups in total. The van der Waals surface area contributed by atoms with Gasteiger partial charge >= 0.3 is 5.97 Å². The highest BCUT2D eigenvalue weighted by Gasteiger charge is 2.15. The van der Waals surface area contributed by atoms with Gasteiger partial charge in [0.15, 0.2) is 0 Å². The maximum atomic E-state index is 10.8. The van der Waals surface area contributed by atoms with E-state index in [2.05, 4.69) is 18.4 Å². The summed E-state index contributed by atoms with van der Waals surface area (Å²) in [5.74, 6) is -1.02. The first-order valence-electron chi connectivity index (χ1n) is 6.56. The van der Waals surface area contributed by atoms with Crippen molar-refractivity contribution in [3.63, 3.8) is 0 Å². The van der Waals surface area contributed by atoms with Gasteiger partial charge in [0.25, 0.3) is 0 Å². The van der Waals surface area contributed by atoms with Gasteiger partial charge in [0.2, 0.25) is 0 Å². The molecule has 3 heteroatoms. The SMILES string of the molecule is C=C(C)CN(CCCCCC)CC(C)C(=O)O. The van der Waals surface area contributed by atoms with Crippen LogP contribution < -0.4 is 0 Å². The summed E-state index contributed by atoms with van der Waals surface area (Å²) in [6.07, 6.45) is 4.86. The lowest BCUT2D eigenvalue weighted by atomic mass is 10.1. The summed E-state index contributed by atoms with van der Waals surface area (Å²) in [4.78, 5) is 13.1. The molecular formula is C14H27NO2. The second-order valence-electron chi connectivity index (χ2n) is 4.99. The highest BCUT2D eigenvalue weighted by Crippen LogP contribution is 2.07. The molecule has 100 valence electrons. The molecule has 1 unspecified atom stereocenters. The maximum absolute atomic E-state index is 10.8. The normalized spacial score (nSPS) is 12.7. The molecule has 0 bridgehead atoms. The quantitative estimate of drug-likeness (QED) is 0.472. The first-order chi connectivity index (χ1) is 7.97. The molecule has 0 aliphatic rings. The largest absolute Gasteiger partial charge is 0.481 e. The van der Waals surface area contributed by atoms with Gasteiger partial charge in [0, 0.05) is 13.1 Å². The number of carboxylic acid groups (broad SMARTS) is 1. The second kappa shape index (κ2) is 9.23. The average molecular weight is 241 g/mol. The van der Waals surface area contributed by atoms with Crippen LogP contribution in [0.3, 0.4) is 0 Å². The molecule has 3 nitrogen and oxygen atoms in total. The van der Waals surface area contributed by atoms with Crippen LogP contribution in [0.15, 0.2) is 12.2 Å². The van der Waals surface area contributed by atoms with Gasteiger partial charge in [-0.25, -0.2) is 0 Å². The van der Waals surface area contributed by atoms with E-state index >= 15 is 0 Å². The molecule has 17 heavy (non-hydrogen) atoms. The van der Waals surface area contributed by atoms with Crippen LogP contribution in [0.4, 0.5) is 0 Å². The molecule has 0 aromatic carbocycles. The lowest BCUT2D eigenvalue weighted by molar-refractivity contribution is -0.141. The molecule has 0 amide bonds. The van der Waals surface area contributed by atoms with Crippen LogP contribution in [0.2, 0.25) is 0 Å². The fourth-order valence-corrected chi connectivity index (χ4v) is 1.84. The van der Waals surface area contributed by atoms with Crippen LogP contribution in [0.5, 0.6) is 0 Å². The van der Waals surface area contributed by atoms with Crippen LogP contribution in [-0.2, 0) is 4.79 Å². The van der Waals surface area contributed by atoms with E-state index in [9.17, 15) is 4.79 Å². The van der Waals surface area contributed by atoms with Crippen molar-refractivity contribution < 1.29 is 9.90 Å². The third-order valence-electron chi connectivity index (χ3n) is 2.78. The smallest absolute Gasteiger partial charge is 0.307 e. The van der Waals surface area contributed by atoms with E-state index in [1.165, 1.54) is 19.3 Å². The zero-order valence-electron chi connectivity index (χ0n) is 11.5. The number of aliphatic carboxylic acids is 1. The second-order valence-corrected chi connectivity index (χ2v) is 4.99. The summed E-state index contributed by atoms with van der Waals surface area (Å²) >= 11 is 0. The molecule has 0 aromatic heterocycles. The van der Waals surface area contributed by atoms with E-state index in [4.69, 9.17) is 5.11 Å². The van der Waals surface area contributed by atoms with Crippen molar-refractivity contribution in [3.05, 3.63) is 12.2 Å². The summed E-state index contributed by atoms with van der Waals surface area (Å²) in [5, 5.41) is 8.93. The number of carbonyl (C=O) groups is 1. The van der Waals surface area contributed by atoms with E-state index in [0.29, 0.717) is 6.54 Å². The van der Waals surface area contributed by atoms with Crippen LogP contribution in [0, 0.1) is 5.92 Å². The zero-order chi connectivity index (χ0) is 13.3. The highest BCUT2D eigenvalue weighted by molar-refractivity contribution is 5.69. The number of unbranched alkanes of at least 4 members (excludes halogenated alkanes) is 3. The molecule has 0 radical (unpaired) electrons. The van der Waals surface area contributed by atoms with E-state index in [1.54, 1.807) is 6.92 Å². The molecule has 0 spiro atoms. The van der Waals surface area contributed by atoms with Gasteiger partial charge in [-0.2, -0.15) is 0 Å². The molecule has 1 atom stereocenters. The summed E-state index contributed by atoms with van der Waals surface area (Å²) < 4.78 is 0. The Morgan fingerprint density at radius 1 is 1.35 bits per heavy atom. The van der Waals surface area contributed by atoms with Gasteiger partial charge in [0.05, 0.1) is 5.92 Å². The number of hydrogen-bond acceptors (Lipinski definition) is 2. The number of nitrogens with zero attached hydrogens (tertiary/aromatic N) is 1. The number of hydrogen-bond donors (Lipinski definition) is 1. The van der Waals surface area contributed by atoms with Crippen LogP contribution in [0.1, 0.15) is 46.5 Å². The van der Waals surface area contributed by atoms with E-state index in [1.807, 2.05) is 6.92 Å². The minimum absolute atomic E-state index is 0.305. The molecule has 0 saturated carbocycles. The average Bonchev–Trinajstić information content (AvgIpc) is 2.23. The van der Waals surface area contributed by atoms with Gasteiger partial charge in [0.1, 0.15) is 0 Å². The third kappa shape index (κ3) is 8.93. The Labute approximate surface area is 106 Å². The van der Waals surface area contributed by atoms with E-state index in [0.717, 1.165) is 25.1 Å². The van der Waals surface area contributed by atoms with Crippen molar-refractivity contribution in [2.45, 2.75) is 46.5 Å². The molecule has 0 aromatic rings. The maximum Gasteiger partial charge on any atom is 0.307 e. The lowest BCUT2D eigenvalue weighted by Crippen LogP contribution is -2.33. The lowest BCUT2D eigenvalue weighted by Gasteiger charge is -2.24. The molecular weight excluding hydrogens is 214 g/mol. The molecule has 0 aliphatic carbocycles. The van der Waals surface area contributed by atoms with Crippen molar-refractivity contribution in [1.82, 2.24) is 4.90 Å². The third-order valence-corrected chi connectivity index (χ3v) is 2.78. The van der Waals surface area contributed by atoms with Gasteiger partial charge in [-0.15, -0.1) is 0 Å². The van der Waals surface area contributed by atoms with Crippen LogP contribution in [0.25, 0.3) is 0 Å². The zero-order valence-corrected chi connectivity index (χ0v) is 11.5. The Morgan fingerprint density at radius 3 is 2.47 bits per heavy atom. The Balaban J connectivity index is 4.04. The summed E-state index contributed by atoms with van der Waals surface area (Å²) in [5.41, 5.74) is 1.10. The highest BCUT2D eigenvalue weighted by atomic mass is 16.4. The molecule has 0 saturated heterocycles. The monoisotopic (exact) mass is 241 g/mol. The van der Waals surface area contributed by atoms with Gasteiger partial charge in [-0.1, -0.05) is 45.3 Å². The van der Waals surface area contributed by atoms with Crippen molar-refractivity contribution in [2.24, 2.45) is 5.92 Å². The molecule has 0 fully saturated rings. The van der Waals surface area contributed by atoms with E-state index < -0.39 is 5.97 Å². The first-order valence-corrected chi connectivity index (χ1v) is 6.56. The number of carboxylic acids is 1. The molecule has 0 rings (SSSR count). The Hall–Kier alpha value is -0.830. The van der Waals surface area contributed by atoms with Gasteiger partial charge < -0.3 is 5.11 Å². The summed E-state index contributed by atoms with van der Waals surface area (Å²) in [6, 6.07) is 0. The van der Waals surface area contributed by atoms with Crippen molar-refractivity contribution >= 4 is 5.97 Å². The summed E-state index contributed by atoms with van der Waals surface area (Å²) in [7, 11) is 0. The van der Waals surface area contributed by atoms with Crippen molar-refractivity contribution in [1.29, 1.82) is 0 Å². The molecule has 0 aliphatic heterocycles. The Bertz CT molecular complexity index is 238. The van der Waals surface area contributed by atoms with Crippen LogP contribution >= 0.6 is 0 Å². The first kappa shape index (κ1) is 16.2. The van der Waals surface area contributed by atoms with E-state index in [-0.39, 0.29) is 5.92 Å². The number of rotatable bonds is 10. The fraction of sp³-hybridized carbons (Fsp3) is 0.786. The topological polar surface area (TPSA) is 40.5 Å². The predicted octanol–water partition coefficient (Wildman–Crippen LogP) is 3.17. The van der Waals surface area contributed by atoms with Crippen molar-refractivity contribution in [3.8, 4) is 0 Å². The Kier molecular flexibility index (Phi) is 8.78. The van der Waals surface area contributed by atoms with Crippen LogP contribution in [-0.4, -0.2) is 35.6 Å². The summed E-state index contributed by atoms with van der Waals surface area (Å²) in [6.45, 7) is 12.3. The van der Waals surface area contributed by atoms with Gasteiger partial charge in [-0.3, -0.25) is 9.69 Å². The van der Waals surface area contributed by atoms with Gasteiger partial charge in [-0.05, 0) is 19.9 Å². The predicted molar refractivity (Wildman–Crippen MR) is 72.2 cm³/mol. The molecule has 0 heterocycles. The standard InChI is InChI=1S/C14H27NO2/c1-5-6-7-8-9-15(10-12(2)3)11-13(4)14(16)17/h13H,2,5-11H2,1,3-4H3,(H,16,17). The van der Waals surface area contributed by atoms with Crippen molar-refractivity contribution in [2.75, 3.05) is 19.6 Å². The Morgan fingerprint density at radius 2 is 2.00 bits per heavy atom. The minimum atomic E-state index is -0.717. The fourth-order valence-electron chi connectivity index (χ4n) is 1.84. The minimum Gasteiger partial charge on any atom is -0.481 e.